The van der Waals surface area contributed by atoms with Gasteiger partial charge in [0.1, 0.15) is 6.04 Å². The van der Waals surface area contributed by atoms with E-state index in [1.165, 1.54) is 31.3 Å². The number of methoxy groups -OCH3 is 1. The lowest BCUT2D eigenvalue weighted by molar-refractivity contribution is -0.146. The van der Waals surface area contributed by atoms with Gasteiger partial charge in [-0.05, 0) is 32.1 Å². The lowest BCUT2D eigenvalue weighted by Crippen LogP contribution is -2.46. The number of hydrogen-bond acceptors (Lipinski definition) is 6. The van der Waals surface area contributed by atoms with Crippen molar-refractivity contribution in [3.63, 3.8) is 0 Å². The number of nitrogens with one attached hydrogen (secondary N) is 1. The highest BCUT2D eigenvalue weighted by molar-refractivity contribution is 7.13. The Hall–Kier alpha value is -1.47. The minimum absolute atomic E-state index is 0.112. The number of fused-ring (bicyclic) bond motifs is 1. The van der Waals surface area contributed by atoms with Crippen LogP contribution < -0.4 is 5.32 Å². The van der Waals surface area contributed by atoms with Crippen molar-refractivity contribution in [3.05, 3.63) is 11.1 Å². The number of rotatable bonds is 4. The summed E-state index contributed by atoms with van der Waals surface area (Å²) in [5.74, 6) is 0.166. The van der Waals surface area contributed by atoms with E-state index < -0.39 is 0 Å². The van der Waals surface area contributed by atoms with Gasteiger partial charge in [-0.1, -0.05) is 12.8 Å². The lowest BCUT2D eigenvalue weighted by atomic mass is 9.85. The molecule has 126 valence electrons. The summed E-state index contributed by atoms with van der Waals surface area (Å²) in [4.78, 5) is 30.8. The number of carbonyl (C=O) groups is 2. The summed E-state index contributed by atoms with van der Waals surface area (Å²) in [5.41, 5.74) is 0.895. The Morgan fingerprint density at radius 3 is 2.91 bits per heavy atom. The van der Waals surface area contributed by atoms with E-state index >= 15 is 0 Å². The van der Waals surface area contributed by atoms with Crippen LogP contribution in [-0.4, -0.2) is 47.5 Å². The van der Waals surface area contributed by atoms with Gasteiger partial charge in [0.25, 0.3) is 0 Å². The van der Waals surface area contributed by atoms with Crippen molar-refractivity contribution in [2.75, 3.05) is 19.0 Å². The van der Waals surface area contributed by atoms with E-state index in [0.29, 0.717) is 17.1 Å². The van der Waals surface area contributed by atoms with E-state index in [2.05, 4.69) is 10.3 Å². The molecule has 6 nitrogen and oxygen atoms in total. The first-order valence-electron chi connectivity index (χ1n) is 8.14. The van der Waals surface area contributed by atoms with E-state index in [1.807, 2.05) is 17.2 Å². The second-order valence-electron chi connectivity index (χ2n) is 6.40. The van der Waals surface area contributed by atoms with Gasteiger partial charge >= 0.3 is 5.97 Å². The van der Waals surface area contributed by atoms with Crippen LogP contribution in [0.4, 0.5) is 5.13 Å². The highest BCUT2D eigenvalue weighted by atomic mass is 32.1. The summed E-state index contributed by atoms with van der Waals surface area (Å²) in [5, 5.41) is 5.35. The first-order valence-corrected chi connectivity index (χ1v) is 9.02. The molecule has 1 saturated carbocycles. The number of nitrogens with zero attached hydrogens (tertiary/aromatic N) is 2. The number of amides is 1. The van der Waals surface area contributed by atoms with Gasteiger partial charge in [-0.3, -0.25) is 14.5 Å². The fraction of sp³-hybridized carbons (Fsp3) is 0.688. The van der Waals surface area contributed by atoms with Gasteiger partial charge in [0.05, 0.1) is 19.3 Å². The van der Waals surface area contributed by atoms with Gasteiger partial charge in [0.15, 0.2) is 5.13 Å². The standard InChI is InChI=1S/C16H23N3O3S/c1-10-9-23-16(17-10)18-14(20)8-19-12-6-4-3-5-11(12)7-13(19)15(21)22-2/h9,11-13H,3-8H2,1-2H3,(H,17,18,20). The molecule has 0 aromatic carbocycles. The molecule has 1 aliphatic carbocycles. The van der Waals surface area contributed by atoms with Crippen molar-refractivity contribution in [3.8, 4) is 0 Å². The maximum absolute atomic E-state index is 12.4. The largest absolute Gasteiger partial charge is 0.468 e. The van der Waals surface area contributed by atoms with Gasteiger partial charge < -0.3 is 10.1 Å². The Morgan fingerprint density at radius 2 is 2.22 bits per heavy atom. The van der Waals surface area contributed by atoms with Crippen LogP contribution in [0.3, 0.4) is 0 Å². The summed E-state index contributed by atoms with van der Waals surface area (Å²) < 4.78 is 4.95. The number of aryl methyl sites for hydroxylation is 1. The first kappa shape index (κ1) is 16.4. The summed E-state index contributed by atoms with van der Waals surface area (Å²) >= 11 is 1.42. The lowest BCUT2D eigenvalue weighted by Gasteiger charge is -2.32. The topological polar surface area (TPSA) is 71.5 Å². The van der Waals surface area contributed by atoms with Gasteiger partial charge in [-0.25, -0.2) is 4.98 Å². The van der Waals surface area contributed by atoms with Gasteiger partial charge in [0.2, 0.25) is 5.91 Å². The second-order valence-corrected chi connectivity index (χ2v) is 7.26. The zero-order valence-electron chi connectivity index (χ0n) is 13.6. The van der Waals surface area contributed by atoms with E-state index in [-0.39, 0.29) is 24.5 Å². The normalized spacial score (nSPS) is 27.5. The van der Waals surface area contributed by atoms with Crippen LogP contribution in [0.15, 0.2) is 5.38 Å². The Morgan fingerprint density at radius 1 is 1.43 bits per heavy atom. The molecule has 2 fully saturated rings. The Bertz CT molecular complexity index is 589. The number of anilines is 1. The minimum Gasteiger partial charge on any atom is -0.468 e. The maximum atomic E-state index is 12.4. The van der Waals surface area contributed by atoms with Crippen LogP contribution in [0.2, 0.25) is 0 Å². The van der Waals surface area contributed by atoms with Gasteiger partial charge in [-0.15, -0.1) is 11.3 Å². The quantitative estimate of drug-likeness (QED) is 0.853. The minimum atomic E-state index is -0.295. The third-order valence-corrected chi connectivity index (χ3v) is 5.76. The van der Waals surface area contributed by atoms with Crippen LogP contribution in [-0.2, 0) is 14.3 Å². The van der Waals surface area contributed by atoms with Crippen LogP contribution in [0, 0.1) is 12.8 Å². The van der Waals surface area contributed by atoms with E-state index in [4.69, 9.17) is 4.74 Å². The fourth-order valence-electron chi connectivity index (χ4n) is 3.88. The zero-order valence-corrected chi connectivity index (χ0v) is 14.4. The molecule has 3 atom stereocenters. The molecular weight excluding hydrogens is 314 g/mol. The molecule has 23 heavy (non-hydrogen) atoms. The molecule has 1 saturated heterocycles. The molecule has 1 N–H and O–H groups in total. The van der Waals surface area contributed by atoms with Crippen LogP contribution in [0.5, 0.6) is 0 Å². The number of thiazole rings is 1. The van der Waals surface area contributed by atoms with E-state index in [9.17, 15) is 9.59 Å². The molecule has 0 radical (unpaired) electrons. The molecule has 3 rings (SSSR count). The van der Waals surface area contributed by atoms with Gasteiger partial charge in [-0.2, -0.15) is 0 Å². The molecule has 2 aliphatic rings. The predicted octanol–water partition coefficient (Wildman–Crippen LogP) is 2.20. The molecule has 7 heteroatoms. The number of likely N-dealkylation sites (tertiary alicyclic amines) is 1. The van der Waals surface area contributed by atoms with Crippen molar-refractivity contribution >= 4 is 28.3 Å². The third kappa shape index (κ3) is 3.55. The Kier molecular flexibility index (Phi) is 4.96. The van der Waals surface area contributed by atoms with Crippen LogP contribution in [0.1, 0.15) is 37.8 Å². The summed E-state index contributed by atoms with van der Waals surface area (Å²) in [7, 11) is 1.42. The monoisotopic (exact) mass is 337 g/mol. The maximum Gasteiger partial charge on any atom is 0.323 e. The van der Waals surface area contributed by atoms with Crippen molar-refractivity contribution in [2.45, 2.75) is 51.1 Å². The van der Waals surface area contributed by atoms with E-state index in [0.717, 1.165) is 25.0 Å². The smallest absolute Gasteiger partial charge is 0.323 e. The fourth-order valence-corrected chi connectivity index (χ4v) is 4.59. The number of ether oxygens (including phenoxy) is 1. The highest BCUT2D eigenvalue weighted by Gasteiger charge is 2.46. The van der Waals surface area contributed by atoms with Crippen molar-refractivity contribution in [1.82, 2.24) is 9.88 Å². The number of hydrogen-bond donors (Lipinski definition) is 1. The first-order chi connectivity index (χ1) is 11.1. The molecule has 1 aromatic rings. The molecular formula is C16H23N3O3S. The number of esters is 1. The zero-order chi connectivity index (χ0) is 16.4. The molecule has 1 aliphatic heterocycles. The molecule has 3 unspecified atom stereocenters. The van der Waals surface area contributed by atoms with Crippen LogP contribution >= 0.6 is 11.3 Å². The molecule has 0 spiro atoms. The number of aromatic nitrogens is 1. The molecule has 1 aromatic heterocycles. The molecule has 1 amide bonds. The SMILES string of the molecule is COC(=O)C1CC2CCCCC2N1CC(=O)Nc1nc(C)cs1. The average Bonchev–Trinajstić information content (AvgIpc) is 3.11. The average molecular weight is 337 g/mol. The van der Waals surface area contributed by atoms with Crippen molar-refractivity contribution in [2.24, 2.45) is 5.92 Å². The Balaban J connectivity index is 1.69. The number of carbonyl (C=O) groups excluding carboxylic acids is 2. The van der Waals surface area contributed by atoms with Crippen LogP contribution in [0.25, 0.3) is 0 Å². The predicted molar refractivity (Wildman–Crippen MR) is 88.4 cm³/mol. The van der Waals surface area contributed by atoms with E-state index in [1.54, 1.807) is 0 Å². The van der Waals surface area contributed by atoms with Crippen molar-refractivity contribution in [1.29, 1.82) is 0 Å². The Labute approximate surface area is 140 Å². The summed E-state index contributed by atoms with van der Waals surface area (Å²) in [6.07, 6.45) is 5.39. The summed E-state index contributed by atoms with van der Waals surface area (Å²) in [6.45, 7) is 2.12. The molecule has 2 heterocycles. The highest BCUT2D eigenvalue weighted by Crippen LogP contribution is 2.39. The van der Waals surface area contributed by atoms with Gasteiger partial charge in [0, 0.05) is 11.4 Å². The third-order valence-electron chi connectivity index (χ3n) is 4.89. The summed E-state index contributed by atoms with van der Waals surface area (Å²) in [6, 6.07) is 0.0218. The second kappa shape index (κ2) is 6.97. The molecule has 0 bridgehead atoms. The van der Waals surface area contributed by atoms with Crippen molar-refractivity contribution < 1.29 is 14.3 Å².